The van der Waals surface area contributed by atoms with Crippen LogP contribution in [0.3, 0.4) is 0 Å². The first-order chi connectivity index (χ1) is 24.7. The molecule has 0 fully saturated rings. The summed E-state index contributed by atoms with van der Waals surface area (Å²) < 4.78 is 138. The molecule has 0 heterocycles. The van der Waals surface area contributed by atoms with Crippen LogP contribution >= 0.6 is 7.92 Å². The van der Waals surface area contributed by atoms with Gasteiger partial charge in [-0.3, -0.25) is 0 Å². The fourth-order valence-electron chi connectivity index (χ4n) is 5.09. The SMILES string of the molecule is FC(F)(F)c1ccc(Oc2ccccc2P(c2ccccc2Oc2ccc(C(F)(F)F)cc2)c2ccccc2Oc2ccc(C(F)(F)F)cc2)cc1. The maximum absolute atomic E-state index is 13.3. The molecule has 0 saturated heterocycles. The van der Waals surface area contributed by atoms with Crippen molar-refractivity contribution in [3.63, 3.8) is 0 Å². The van der Waals surface area contributed by atoms with Gasteiger partial charge in [0.15, 0.2) is 0 Å². The van der Waals surface area contributed by atoms with E-state index in [1.54, 1.807) is 72.8 Å². The van der Waals surface area contributed by atoms with Gasteiger partial charge >= 0.3 is 18.5 Å². The quantitative estimate of drug-likeness (QED) is 0.109. The minimum atomic E-state index is -4.56. The fourth-order valence-corrected chi connectivity index (χ4v) is 7.60. The molecule has 0 spiro atoms. The number of hydrogen-bond acceptors (Lipinski definition) is 3. The highest BCUT2D eigenvalue weighted by molar-refractivity contribution is 7.80. The monoisotopic (exact) mass is 742 g/mol. The van der Waals surface area contributed by atoms with Crippen molar-refractivity contribution in [1.29, 1.82) is 0 Å². The van der Waals surface area contributed by atoms with Crippen LogP contribution in [-0.2, 0) is 18.5 Å². The molecule has 6 rings (SSSR count). The summed E-state index contributed by atoms with van der Waals surface area (Å²) in [6.07, 6.45) is -13.7. The Morgan fingerprint density at radius 2 is 0.538 bits per heavy atom. The minimum Gasteiger partial charge on any atom is -0.457 e. The molecule has 0 unspecified atom stereocenters. The average Bonchev–Trinajstić information content (AvgIpc) is 3.10. The van der Waals surface area contributed by atoms with Crippen molar-refractivity contribution in [2.75, 3.05) is 0 Å². The van der Waals surface area contributed by atoms with E-state index in [1.165, 1.54) is 36.4 Å². The van der Waals surface area contributed by atoms with Gasteiger partial charge in [-0.15, -0.1) is 0 Å². The van der Waals surface area contributed by atoms with Gasteiger partial charge in [-0.05, 0) is 98.9 Å². The predicted molar refractivity (Wildman–Crippen MR) is 180 cm³/mol. The zero-order chi connectivity index (χ0) is 37.1. The Morgan fingerprint density at radius 1 is 0.308 bits per heavy atom. The lowest BCUT2D eigenvalue weighted by molar-refractivity contribution is -0.138. The van der Waals surface area contributed by atoms with E-state index in [-0.39, 0.29) is 34.5 Å². The zero-order valence-corrected chi connectivity index (χ0v) is 27.3. The summed E-state index contributed by atoms with van der Waals surface area (Å²) in [6, 6.07) is 32.8. The van der Waals surface area contributed by atoms with Crippen molar-refractivity contribution in [2.24, 2.45) is 0 Å². The van der Waals surface area contributed by atoms with E-state index < -0.39 is 43.1 Å². The first kappa shape index (κ1) is 36.3. The van der Waals surface area contributed by atoms with Crippen molar-refractivity contribution < 1.29 is 53.7 Å². The fraction of sp³-hybridized carbons (Fsp3) is 0.0769. The molecular formula is C39H24F9O3P. The van der Waals surface area contributed by atoms with E-state index in [2.05, 4.69) is 0 Å². The van der Waals surface area contributed by atoms with Gasteiger partial charge in [0.2, 0.25) is 0 Å². The van der Waals surface area contributed by atoms with Crippen LogP contribution in [0.15, 0.2) is 146 Å². The van der Waals surface area contributed by atoms with Crippen LogP contribution in [0.4, 0.5) is 39.5 Å². The molecule has 13 heteroatoms. The summed E-state index contributed by atoms with van der Waals surface area (Å²) in [5, 5.41) is 1.64. The third-order valence-corrected chi connectivity index (χ3v) is 10.1. The number of ether oxygens (including phenoxy) is 3. The van der Waals surface area contributed by atoms with E-state index in [9.17, 15) is 39.5 Å². The second-order valence-electron chi connectivity index (χ2n) is 11.1. The maximum Gasteiger partial charge on any atom is 0.416 e. The molecule has 0 amide bonds. The second kappa shape index (κ2) is 14.6. The number of rotatable bonds is 9. The van der Waals surface area contributed by atoms with E-state index in [4.69, 9.17) is 14.2 Å². The van der Waals surface area contributed by atoms with Gasteiger partial charge in [0.25, 0.3) is 0 Å². The summed E-state index contributed by atoms with van der Waals surface area (Å²) in [4.78, 5) is 0. The Balaban J connectivity index is 1.46. The average molecular weight is 743 g/mol. The topological polar surface area (TPSA) is 27.7 Å². The smallest absolute Gasteiger partial charge is 0.416 e. The molecule has 0 aliphatic carbocycles. The number of halogens is 9. The third-order valence-electron chi connectivity index (χ3n) is 7.55. The van der Waals surface area contributed by atoms with Gasteiger partial charge in [0.1, 0.15) is 34.5 Å². The van der Waals surface area contributed by atoms with Gasteiger partial charge < -0.3 is 14.2 Å². The largest absolute Gasteiger partial charge is 0.457 e. The van der Waals surface area contributed by atoms with Gasteiger partial charge in [0.05, 0.1) is 16.7 Å². The summed E-state index contributed by atoms with van der Waals surface area (Å²) in [5.74, 6) is 1.13. The number of benzene rings is 6. The number of para-hydroxylation sites is 3. The van der Waals surface area contributed by atoms with Gasteiger partial charge in [-0.1, -0.05) is 54.6 Å². The molecule has 6 aromatic carbocycles. The third kappa shape index (κ3) is 8.51. The lowest BCUT2D eigenvalue weighted by Gasteiger charge is -2.26. The molecule has 0 saturated carbocycles. The van der Waals surface area contributed by atoms with Crippen molar-refractivity contribution in [3.8, 4) is 34.5 Å². The van der Waals surface area contributed by atoms with E-state index >= 15 is 0 Å². The minimum absolute atomic E-state index is 0.110. The molecule has 52 heavy (non-hydrogen) atoms. The first-order valence-electron chi connectivity index (χ1n) is 15.3. The van der Waals surface area contributed by atoms with Crippen LogP contribution in [0.25, 0.3) is 0 Å². The molecule has 3 nitrogen and oxygen atoms in total. The van der Waals surface area contributed by atoms with Crippen molar-refractivity contribution in [3.05, 3.63) is 162 Å². The number of alkyl halides is 9. The Bertz CT molecular complexity index is 1880. The van der Waals surface area contributed by atoms with E-state index in [1.807, 2.05) is 0 Å². The Morgan fingerprint density at radius 3 is 0.769 bits per heavy atom. The lowest BCUT2D eigenvalue weighted by atomic mass is 10.2. The van der Waals surface area contributed by atoms with Crippen LogP contribution in [0, 0.1) is 0 Å². The summed E-state index contributed by atoms with van der Waals surface area (Å²) in [6.45, 7) is 0. The van der Waals surface area contributed by atoms with Crippen LogP contribution < -0.4 is 30.1 Å². The summed E-state index contributed by atoms with van der Waals surface area (Å²) >= 11 is 0. The van der Waals surface area contributed by atoms with Crippen LogP contribution in [-0.4, -0.2) is 0 Å². The van der Waals surface area contributed by atoms with Crippen LogP contribution in [0.2, 0.25) is 0 Å². The Labute approximate surface area is 292 Å². The van der Waals surface area contributed by atoms with Crippen LogP contribution in [0.1, 0.15) is 16.7 Å². The predicted octanol–water partition coefficient (Wildman–Crippen LogP) is 11.9. The summed E-state index contributed by atoms with van der Waals surface area (Å²) in [5.41, 5.74) is -2.59. The Kier molecular flexibility index (Phi) is 10.2. The maximum atomic E-state index is 13.3. The highest BCUT2D eigenvalue weighted by Gasteiger charge is 2.33. The molecule has 6 aromatic rings. The molecule has 0 aromatic heterocycles. The first-order valence-corrected chi connectivity index (χ1v) is 16.6. The van der Waals surface area contributed by atoms with Crippen molar-refractivity contribution >= 4 is 23.8 Å². The highest BCUT2D eigenvalue weighted by Crippen LogP contribution is 2.45. The molecule has 266 valence electrons. The van der Waals surface area contributed by atoms with Gasteiger partial charge in [-0.2, -0.15) is 39.5 Å². The molecule has 0 radical (unpaired) electrons. The van der Waals surface area contributed by atoms with Crippen LogP contribution in [0.5, 0.6) is 34.5 Å². The van der Waals surface area contributed by atoms with Gasteiger partial charge in [0, 0.05) is 15.9 Å². The molecule has 0 N–H and O–H groups in total. The van der Waals surface area contributed by atoms with Crippen molar-refractivity contribution in [1.82, 2.24) is 0 Å². The van der Waals surface area contributed by atoms with Crippen molar-refractivity contribution in [2.45, 2.75) is 18.5 Å². The lowest BCUT2D eigenvalue weighted by Crippen LogP contribution is -2.24. The second-order valence-corrected chi connectivity index (χ2v) is 13.2. The molecule has 0 atom stereocenters. The normalized spacial score (nSPS) is 12.1. The zero-order valence-electron chi connectivity index (χ0n) is 26.4. The van der Waals surface area contributed by atoms with E-state index in [0.717, 1.165) is 36.4 Å². The Hall–Kier alpha value is -5.48. The summed E-state index contributed by atoms with van der Waals surface area (Å²) in [7, 11) is -1.79. The standard InChI is InChI=1S/C39H24F9O3P/c40-37(41,42)25-13-19-28(20-14-25)49-31-7-1-4-10-34(31)52(35-11-5-2-8-32(35)50-29-21-15-26(16-22-29)38(43,44)45)36-12-6-3-9-33(36)51-30-23-17-27(18-24-30)39(46,47)48/h1-24H. The van der Waals surface area contributed by atoms with Gasteiger partial charge in [-0.25, -0.2) is 0 Å². The number of hydrogen-bond donors (Lipinski definition) is 0. The highest BCUT2D eigenvalue weighted by atomic mass is 31.1. The molecule has 0 aliphatic rings. The molecule has 0 bridgehead atoms. The molecule has 0 aliphatic heterocycles. The van der Waals surface area contributed by atoms with E-state index in [0.29, 0.717) is 15.9 Å². The molecular weight excluding hydrogens is 718 g/mol.